The monoisotopic (exact) mass is 364 g/mol. The summed E-state index contributed by atoms with van der Waals surface area (Å²) in [5.74, 6) is -1.45. The molecule has 1 rings (SSSR count). The third-order valence-electron chi connectivity index (χ3n) is 2.58. The lowest BCUT2D eigenvalue weighted by Gasteiger charge is -2.17. The third-order valence-corrected chi connectivity index (χ3v) is 3.36. The summed E-state index contributed by atoms with van der Waals surface area (Å²) in [5.41, 5.74) is 0.191. The van der Waals surface area contributed by atoms with Gasteiger partial charge >= 0.3 is 11.9 Å². The highest BCUT2D eigenvalue weighted by Gasteiger charge is 2.26. The molecule has 1 aromatic carbocycles. The zero-order valence-electron chi connectivity index (χ0n) is 12.1. The van der Waals surface area contributed by atoms with E-state index in [4.69, 9.17) is 44.3 Å². The topological polar surface area (TPSA) is 52.6 Å². The Kier molecular flexibility index (Phi) is 7.20. The van der Waals surface area contributed by atoms with E-state index >= 15 is 0 Å². The van der Waals surface area contributed by atoms with E-state index in [1.54, 1.807) is 0 Å². The molecule has 7 heteroatoms. The Bertz CT molecular complexity index is 575. The van der Waals surface area contributed by atoms with Crippen LogP contribution in [-0.2, 0) is 14.3 Å². The number of esters is 2. The fourth-order valence-corrected chi connectivity index (χ4v) is 2.40. The Morgan fingerprint density at radius 3 is 2.23 bits per heavy atom. The van der Waals surface area contributed by atoms with Crippen molar-refractivity contribution in [2.45, 2.75) is 32.8 Å². The van der Waals surface area contributed by atoms with Crippen LogP contribution in [0.5, 0.6) is 5.75 Å². The molecule has 0 radical (unpaired) electrons. The van der Waals surface area contributed by atoms with Crippen molar-refractivity contribution in [3.63, 3.8) is 0 Å². The normalized spacial score (nSPS) is 11.7. The summed E-state index contributed by atoms with van der Waals surface area (Å²) < 4.78 is 10.2. The second-order valence-corrected chi connectivity index (χ2v) is 5.83. The van der Waals surface area contributed by atoms with E-state index in [1.807, 2.05) is 6.92 Å². The van der Waals surface area contributed by atoms with Gasteiger partial charge in [0.25, 0.3) is 0 Å². The second kappa shape index (κ2) is 8.42. The first-order chi connectivity index (χ1) is 10.3. The van der Waals surface area contributed by atoms with Crippen LogP contribution in [0.3, 0.4) is 0 Å². The predicted molar refractivity (Wildman–Crippen MR) is 86.7 cm³/mol. The molecule has 0 saturated heterocycles. The zero-order valence-corrected chi connectivity index (χ0v) is 14.4. The molecule has 0 N–H and O–H groups in total. The van der Waals surface area contributed by atoms with Gasteiger partial charge in [-0.3, -0.25) is 0 Å². The zero-order chi connectivity index (χ0) is 16.9. The lowest BCUT2D eigenvalue weighted by molar-refractivity contribution is -0.159. The van der Waals surface area contributed by atoms with Crippen molar-refractivity contribution in [3.8, 4) is 5.75 Å². The van der Waals surface area contributed by atoms with Crippen LogP contribution >= 0.6 is 34.8 Å². The van der Waals surface area contributed by atoms with E-state index in [0.29, 0.717) is 17.9 Å². The van der Waals surface area contributed by atoms with Gasteiger partial charge in [0.1, 0.15) is 0 Å². The first kappa shape index (κ1) is 18.8. The van der Waals surface area contributed by atoms with Gasteiger partial charge in [0.15, 0.2) is 11.9 Å². The molecule has 0 bridgehead atoms. The van der Waals surface area contributed by atoms with Gasteiger partial charge in [-0.1, -0.05) is 54.7 Å². The SMILES string of the molecule is C=C(C)C(=O)OC(CCC)C(=O)Oc1c(Cl)cc(Cl)cc1Cl. The lowest BCUT2D eigenvalue weighted by Crippen LogP contribution is -2.31. The van der Waals surface area contributed by atoms with Gasteiger partial charge in [0.2, 0.25) is 0 Å². The van der Waals surface area contributed by atoms with Crippen LogP contribution in [0.4, 0.5) is 0 Å². The molecule has 0 heterocycles. The first-order valence-electron chi connectivity index (χ1n) is 6.49. The smallest absolute Gasteiger partial charge is 0.352 e. The third kappa shape index (κ3) is 5.20. The lowest BCUT2D eigenvalue weighted by atomic mass is 10.2. The number of ether oxygens (including phenoxy) is 2. The molecule has 120 valence electrons. The fourth-order valence-electron chi connectivity index (χ4n) is 1.51. The van der Waals surface area contributed by atoms with E-state index in [1.165, 1.54) is 19.1 Å². The van der Waals surface area contributed by atoms with Gasteiger partial charge in [-0.05, 0) is 25.5 Å². The average Bonchev–Trinajstić information content (AvgIpc) is 2.41. The maximum absolute atomic E-state index is 12.2. The summed E-state index contributed by atoms with van der Waals surface area (Å²) in [6.07, 6.45) is -0.136. The quantitative estimate of drug-likeness (QED) is 0.411. The minimum absolute atomic E-state index is 0.0230. The summed E-state index contributed by atoms with van der Waals surface area (Å²) in [7, 11) is 0. The highest BCUT2D eigenvalue weighted by molar-refractivity contribution is 6.40. The highest BCUT2D eigenvalue weighted by Crippen LogP contribution is 2.36. The largest absolute Gasteiger partial charge is 0.447 e. The van der Waals surface area contributed by atoms with Gasteiger partial charge in [-0.15, -0.1) is 0 Å². The Morgan fingerprint density at radius 1 is 1.23 bits per heavy atom. The summed E-state index contributed by atoms with van der Waals surface area (Å²) >= 11 is 17.7. The Labute approximate surface area is 143 Å². The molecule has 0 aliphatic rings. The Hall–Kier alpha value is -1.23. The number of benzene rings is 1. The maximum atomic E-state index is 12.2. The minimum atomic E-state index is -1.06. The van der Waals surface area contributed by atoms with Gasteiger partial charge in [0.05, 0.1) is 10.0 Å². The molecular weight excluding hydrogens is 351 g/mol. The summed E-state index contributed by atoms with van der Waals surface area (Å²) in [6.45, 7) is 6.80. The van der Waals surface area contributed by atoms with Crippen LogP contribution in [0, 0.1) is 0 Å². The molecule has 1 aromatic rings. The maximum Gasteiger partial charge on any atom is 0.352 e. The molecular formula is C15H15Cl3O4. The molecule has 1 unspecified atom stereocenters. The van der Waals surface area contributed by atoms with Crippen LogP contribution in [0.1, 0.15) is 26.7 Å². The number of rotatable bonds is 6. The Balaban J connectivity index is 2.92. The van der Waals surface area contributed by atoms with Crippen molar-refractivity contribution in [2.24, 2.45) is 0 Å². The van der Waals surface area contributed by atoms with E-state index in [9.17, 15) is 9.59 Å². The highest BCUT2D eigenvalue weighted by atomic mass is 35.5. The number of hydrogen-bond acceptors (Lipinski definition) is 4. The number of carbonyl (C=O) groups excluding carboxylic acids is 2. The van der Waals surface area contributed by atoms with E-state index in [-0.39, 0.29) is 21.4 Å². The van der Waals surface area contributed by atoms with Gasteiger partial charge in [-0.2, -0.15) is 0 Å². The summed E-state index contributed by atoms with van der Waals surface area (Å²) in [6, 6.07) is 2.79. The van der Waals surface area contributed by atoms with Crippen molar-refractivity contribution in [1.82, 2.24) is 0 Å². The summed E-state index contributed by atoms with van der Waals surface area (Å²) in [5, 5.41) is 0.494. The van der Waals surface area contributed by atoms with E-state index < -0.39 is 18.0 Å². The van der Waals surface area contributed by atoms with Crippen LogP contribution in [0.2, 0.25) is 15.1 Å². The van der Waals surface area contributed by atoms with Gasteiger partial charge in [0, 0.05) is 10.6 Å². The fraction of sp³-hybridized carbons (Fsp3) is 0.333. The predicted octanol–water partition coefficient (Wildman–Crippen LogP) is 4.84. The molecule has 0 fully saturated rings. The second-order valence-electron chi connectivity index (χ2n) is 4.58. The molecule has 22 heavy (non-hydrogen) atoms. The number of hydrogen-bond donors (Lipinski definition) is 0. The van der Waals surface area contributed by atoms with E-state index in [2.05, 4.69) is 6.58 Å². The molecule has 0 aliphatic carbocycles. The van der Waals surface area contributed by atoms with Crippen LogP contribution in [-0.4, -0.2) is 18.0 Å². The Morgan fingerprint density at radius 2 is 1.77 bits per heavy atom. The van der Waals surface area contributed by atoms with Crippen LogP contribution in [0.15, 0.2) is 24.3 Å². The standard InChI is InChI=1S/C15H15Cl3O4/c1-4-5-12(21-14(19)8(2)3)15(20)22-13-10(17)6-9(16)7-11(13)18/h6-7,12H,2,4-5H2,1,3H3. The molecule has 1 atom stereocenters. The molecule has 0 aliphatic heterocycles. The van der Waals surface area contributed by atoms with Crippen molar-refractivity contribution < 1.29 is 19.1 Å². The molecule has 0 amide bonds. The van der Waals surface area contributed by atoms with Crippen LogP contribution in [0.25, 0.3) is 0 Å². The molecule has 0 saturated carbocycles. The molecule has 4 nitrogen and oxygen atoms in total. The summed E-state index contributed by atoms with van der Waals surface area (Å²) in [4.78, 5) is 23.7. The van der Waals surface area contributed by atoms with Crippen LogP contribution < -0.4 is 4.74 Å². The molecule has 0 aromatic heterocycles. The number of carbonyl (C=O) groups is 2. The van der Waals surface area contributed by atoms with Crippen molar-refractivity contribution in [2.75, 3.05) is 0 Å². The van der Waals surface area contributed by atoms with Crippen molar-refractivity contribution in [3.05, 3.63) is 39.4 Å². The van der Waals surface area contributed by atoms with Gasteiger partial charge < -0.3 is 9.47 Å². The first-order valence-corrected chi connectivity index (χ1v) is 7.62. The van der Waals surface area contributed by atoms with Crippen molar-refractivity contribution in [1.29, 1.82) is 0 Å². The van der Waals surface area contributed by atoms with E-state index in [0.717, 1.165) is 0 Å². The number of halogens is 3. The van der Waals surface area contributed by atoms with Gasteiger partial charge in [-0.25, -0.2) is 9.59 Å². The minimum Gasteiger partial charge on any atom is -0.447 e. The van der Waals surface area contributed by atoms with Crippen molar-refractivity contribution >= 4 is 46.7 Å². The average molecular weight is 366 g/mol. The molecule has 0 spiro atoms.